The molecule has 7 nitrogen and oxygen atoms in total. The predicted octanol–water partition coefficient (Wildman–Crippen LogP) is 2.75. The van der Waals surface area contributed by atoms with Crippen LogP contribution in [0.15, 0.2) is 34.9 Å². The van der Waals surface area contributed by atoms with Crippen molar-refractivity contribution >= 4 is 5.91 Å². The highest BCUT2D eigenvalue weighted by Gasteiger charge is 2.56. The number of benzene rings is 1. The van der Waals surface area contributed by atoms with Gasteiger partial charge in [0.05, 0.1) is 31.4 Å². The molecule has 0 atom stereocenters. The number of amides is 1. The van der Waals surface area contributed by atoms with Crippen LogP contribution in [0.4, 0.5) is 0 Å². The number of methoxy groups -OCH3 is 1. The van der Waals surface area contributed by atoms with E-state index in [9.17, 15) is 4.79 Å². The van der Waals surface area contributed by atoms with E-state index < -0.39 is 11.2 Å². The van der Waals surface area contributed by atoms with Crippen LogP contribution in [0.2, 0.25) is 0 Å². The van der Waals surface area contributed by atoms with Gasteiger partial charge in [0.2, 0.25) is 5.91 Å². The molecular formula is C21H24N2O5. The Bertz CT molecular complexity index is 872. The van der Waals surface area contributed by atoms with Gasteiger partial charge in [0.15, 0.2) is 11.5 Å². The molecule has 1 aromatic heterocycles. The van der Waals surface area contributed by atoms with Crippen LogP contribution in [0.1, 0.15) is 31.4 Å². The third kappa shape index (κ3) is 2.89. The first-order valence-electron chi connectivity index (χ1n) is 9.83. The summed E-state index contributed by atoms with van der Waals surface area (Å²) in [5.74, 6) is 1.08. The zero-order valence-corrected chi connectivity index (χ0v) is 16.0. The number of likely N-dealkylation sites (tertiary alicyclic amines) is 1. The largest absolute Gasteiger partial charge is 0.497 e. The van der Waals surface area contributed by atoms with Gasteiger partial charge in [0, 0.05) is 37.6 Å². The summed E-state index contributed by atoms with van der Waals surface area (Å²) in [5, 5.41) is 4.26. The van der Waals surface area contributed by atoms with Crippen molar-refractivity contribution in [2.45, 2.75) is 36.9 Å². The number of piperidine rings is 1. The minimum absolute atomic E-state index is 0.144. The second kappa shape index (κ2) is 6.60. The van der Waals surface area contributed by atoms with E-state index in [1.807, 2.05) is 35.2 Å². The first kappa shape index (κ1) is 17.7. The van der Waals surface area contributed by atoms with Crippen LogP contribution in [-0.2, 0) is 19.7 Å². The molecule has 148 valence electrons. The first-order valence-corrected chi connectivity index (χ1v) is 9.83. The van der Waals surface area contributed by atoms with Gasteiger partial charge in [-0.25, -0.2) is 0 Å². The van der Waals surface area contributed by atoms with Crippen molar-refractivity contribution in [2.75, 3.05) is 33.4 Å². The van der Waals surface area contributed by atoms with Gasteiger partial charge in [-0.15, -0.1) is 0 Å². The van der Waals surface area contributed by atoms with Crippen LogP contribution in [0, 0.1) is 0 Å². The van der Waals surface area contributed by atoms with Crippen LogP contribution >= 0.6 is 0 Å². The number of carbonyl (C=O) groups excluding carboxylic acids is 1. The second-order valence-corrected chi connectivity index (χ2v) is 7.79. The molecule has 1 aromatic carbocycles. The van der Waals surface area contributed by atoms with E-state index in [4.69, 9.17) is 18.7 Å². The first-order chi connectivity index (χ1) is 13.6. The lowest BCUT2D eigenvalue weighted by molar-refractivity contribution is -0.188. The number of carbonyl (C=O) groups is 1. The lowest BCUT2D eigenvalue weighted by Crippen LogP contribution is -2.50. The highest BCUT2D eigenvalue weighted by Crippen LogP contribution is 2.50. The Hall–Kier alpha value is -2.38. The monoisotopic (exact) mass is 384 g/mol. The zero-order valence-electron chi connectivity index (χ0n) is 16.0. The third-order valence-electron chi connectivity index (χ3n) is 6.14. The molecule has 2 aromatic rings. The van der Waals surface area contributed by atoms with Crippen LogP contribution in [-0.4, -0.2) is 55.2 Å². The van der Waals surface area contributed by atoms with Gasteiger partial charge in [-0.3, -0.25) is 4.79 Å². The fourth-order valence-corrected chi connectivity index (χ4v) is 4.26. The quantitative estimate of drug-likeness (QED) is 0.807. The molecule has 5 rings (SSSR count). The number of nitrogens with zero attached hydrogens (tertiary/aromatic N) is 2. The average molecular weight is 384 g/mol. The molecule has 0 unspecified atom stereocenters. The van der Waals surface area contributed by atoms with Gasteiger partial charge in [0.1, 0.15) is 5.75 Å². The maximum absolute atomic E-state index is 13.3. The molecule has 3 aliphatic rings. The van der Waals surface area contributed by atoms with Gasteiger partial charge < -0.3 is 23.6 Å². The lowest BCUT2D eigenvalue weighted by atomic mass is 9.96. The van der Waals surface area contributed by atoms with E-state index in [0.29, 0.717) is 32.1 Å². The Morgan fingerprint density at radius 2 is 1.86 bits per heavy atom. The summed E-state index contributed by atoms with van der Waals surface area (Å²) in [4.78, 5) is 15.2. The fourth-order valence-electron chi connectivity index (χ4n) is 4.26. The molecule has 28 heavy (non-hydrogen) atoms. The summed E-state index contributed by atoms with van der Waals surface area (Å²) in [7, 11) is 1.63. The van der Waals surface area contributed by atoms with Gasteiger partial charge in [-0.1, -0.05) is 17.3 Å². The van der Waals surface area contributed by atoms with E-state index in [-0.39, 0.29) is 5.91 Å². The predicted molar refractivity (Wildman–Crippen MR) is 99.9 cm³/mol. The highest BCUT2D eigenvalue weighted by molar-refractivity contribution is 5.91. The Labute approximate surface area is 163 Å². The molecule has 1 saturated carbocycles. The van der Waals surface area contributed by atoms with Crippen LogP contribution in [0.5, 0.6) is 5.75 Å². The summed E-state index contributed by atoms with van der Waals surface area (Å²) >= 11 is 0. The number of aromatic nitrogens is 1. The zero-order chi connectivity index (χ0) is 19.2. The summed E-state index contributed by atoms with van der Waals surface area (Å²) in [6, 6.07) is 9.53. The van der Waals surface area contributed by atoms with Gasteiger partial charge >= 0.3 is 0 Å². The summed E-state index contributed by atoms with van der Waals surface area (Å²) < 4.78 is 22.4. The van der Waals surface area contributed by atoms with Crippen molar-refractivity contribution in [3.05, 3.63) is 36.0 Å². The van der Waals surface area contributed by atoms with E-state index in [1.54, 1.807) is 7.11 Å². The van der Waals surface area contributed by atoms with Crippen molar-refractivity contribution in [1.29, 1.82) is 0 Å². The topological polar surface area (TPSA) is 74.0 Å². The standard InChI is InChI=1S/C21H24N2O5/c1-25-16-4-2-3-15(13-16)17-14-18(22-28-17)20(5-6-20)19(24)23-9-7-21(8-10-23)26-11-12-27-21/h2-4,13-14H,5-12H2,1H3. The van der Waals surface area contributed by atoms with Crippen molar-refractivity contribution in [3.63, 3.8) is 0 Å². The highest BCUT2D eigenvalue weighted by atomic mass is 16.7. The van der Waals surface area contributed by atoms with Crippen molar-refractivity contribution in [1.82, 2.24) is 10.1 Å². The van der Waals surface area contributed by atoms with E-state index in [1.165, 1.54) is 0 Å². The Morgan fingerprint density at radius 1 is 1.11 bits per heavy atom. The minimum Gasteiger partial charge on any atom is -0.497 e. The SMILES string of the molecule is COc1cccc(-c2cc(C3(C(=O)N4CCC5(CC4)OCCO5)CC3)no2)c1. The smallest absolute Gasteiger partial charge is 0.234 e. The van der Waals surface area contributed by atoms with Crippen molar-refractivity contribution in [2.24, 2.45) is 0 Å². The number of hydrogen-bond acceptors (Lipinski definition) is 6. The van der Waals surface area contributed by atoms with E-state index in [2.05, 4.69) is 5.16 Å². The molecule has 1 aliphatic carbocycles. The molecule has 2 saturated heterocycles. The maximum atomic E-state index is 13.3. The Morgan fingerprint density at radius 3 is 2.54 bits per heavy atom. The van der Waals surface area contributed by atoms with Gasteiger partial charge in [-0.2, -0.15) is 0 Å². The number of rotatable bonds is 4. The average Bonchev–Trinajstić information content (AvgIpc) is 3.17. The van der Waals surface area contributed by atoms with Crippen molar-refractivity contribution < 1.29 is 23.5 Å². The van der Waals surface area contributed by atoms with E-state index in [0.717, 1.165) is 42.7 Å². The minimum atomic E-state index is -0.539. The molecule has 7 heteroatoms. The Kier molecular flexibility index (Phi) is 4.17. The molecule has 3 heterocycles. The molecular weight excluding hydrogens is 360 g/mol. The van der Waals surface area contributed by atoms with Crippen molar-refractivity contribution in [3.8, 4) is 17.1 Å². The number of hydrogen-bond donors (Lipinski definition) is 0. The summed E-state index contributed by atoms with van der Waals surface area (Å²) in [6.45, 7) is 2.59. The molecule has 1 amide bonds. The second-order valence-electron chi connectivity index (χ2n) is 7.79. The normalized spacial score (nSPS) is 22.4. The molecule has 0 N–H and O–H groups in total. The summed E-state index contributed by atoms with van der Waals surface area (Å²) in [6.07, 6.45) is 3.07. The fraction of sp³-hybridized carbons (Fsp3) is 0.524. The molecule has 1 spiro atoms. The Balaban J connectivity index is 1.32. The molecule has 0 bridgehead atoms. The van der Waals surface area contributed by atoms with E-state index >= 15 is 0 Å². The molecule has 3 fully saturated rings. The lowest BCUT2D eigenvalue weighted by Gasteiger charge is -2.38. The third-order valence-corrected chi connectivity index (χ3v) is 6.14. The van der Waals surface area contributed by atoms with Gasteiger partial charge in [0.25, 0.3) is 0 Å². The summed E-state index contributed by atoms with van der Waals surface area (Å²) in [5.41, 5.74) is 1.07. The van der Waals surface area contributed by atoms with Gasteiger partial charge in [-0.05, 0) is 25.0 Å². The molecule has 0 radical (unpaired) electrons. The molecule has 2 aliphatic heterocycles. The van der Waals surface area contributed by atoms with Crippen LogP contribution < -0.4 is 4.74 Å². The van der Waals surface area contributed by atoms with Crippen LogP contribution in [0.25, 0.3) is 11.3 Å². The maximum Gasteiger partial charge on any atom is 0.234 e. The number of ether oxygens (including phenoxy) is 3. The van der Waals surface area contributed by atoms with Crippen LogP contribution in [0.3, 0.4) is 0 Å².